The van der Waals surface area contributed by atoms with Gasteiger partial charge in [0.05, 0.1) is 10.9 Å². The van der Waals surface area contributed by atoms with Gasteiger partial charge in [-0.05, 0) is 62.7 Å². The molecule has 0 unspecified atom stereocenters. The fourth-order valence-electron chi connectivity index (χ4n) is 7.16. The van der Waals surface area contributed by atoms with E-state index in [0.717, 1.165) is 4.47 Å². The number of halogens is 1. The van der Waals surface area contributed by atoms with Crippen LogP contribution in [0.1, 0.15) is 38.8 Å². The predicted octanol–water partition coefficient (Wildman–Crippen LogP) is 8.61. The minimum absolute atomic E-state index is 0.00582. The van der Waals surface area contributed by atoms with Crippen LogP contribution in [-0.4, -0.2) is 4.57 Å². The van der Waals surface area contributed by atoms with E-state index >= 15 is 0 Å². The summed E-state index contributed by atoms with van der Waals surface area (Å²) in [5.41, 5.74) is 7.96. The summed E-state index contributed by atoms with van der Waals surface area (Å²) in [5, 5.41) is 9.31. The summed E-state index contributed by atoms with van der Waals surface area (Å²) in [6, 6.07) is 31.7. The Morgan fingerprint density at radius 2 is 1.24 bits per heavy atom. The van der Waals surface area contributed by atoms with Gasteiger partial charge in [0, 0.05) is 37.0 Å². The molecule has 6 aromatic rings. The van der Waals surface area contributed by atoms with E-state index in [-0.39, 0.29) is 10.8 Å². The molecule has 2 aliphatic rings. The van der Waals surface area contributed by atoms with Gasteiger partial charge >= 0.3 is 0 Å². The van der Waals surface area contributed by atoms with Gasteiger partial charge < -0.3 is 4.57 Å². The number of benzene rings is 5. The third-order valence-electron chi connectivity index (χ3n) is 8.82. The van der Waals surface area contributed by atoms with Crippen molar-refractivity contribution in [2.75, 3.05) is 0 Å². The molecule has 8 rings (SSSR count). The molecule has 2 aliphatic carbocycles. The Morgan fingerprint density at radius 3 is 1.97 bits per heavy atom. The van der Waals surface area contributed by atoms with Gasteiger partial charge in [-0.1, -0.05) is 116 Å². The van der Waals surface area contributed by atoms with Crippen molar-refractivity contribution in [2.45, 2.75) is 33.1 Å². The monoisotopic (exact) mass is 553 g/mol. The van der Waals surface area contributed by atoms with Gasteiger partial charge in [-0.2, -0.15) is 0 Å². The summed E-state index contributed by atoms with van der Waals surface area (Å²) < 4.78 is 3.68. The molecule has 0 spiro atoms. The lowest BCUT2D eigenvalue weighted by Crippen LogP contribution is -2.26. The van der Waals surface area contributed by atoms with Gasteiger partial charge in [0.25, 0.3) is 0 Å². The summed E-state index contributed by atoms with van der Waals surface area (Å²) in [4.78, 5) is 0. The van der Waals surface area contributed by atoms with Crippen LogP contribution in [-0.2, 0) is 5.41 Å². The molecule has 1 nitrogen and oxygen atoms in total. The highest BCUT2D eigenvalue weighted by atomic mass is 79.9. The molecule has 0 atom stereocenters. The van der Waals surface area contributed by atoms with Crippen LogP contribution in [0, 0.1) is 5.41 Å². The van der Waals surface area contributed by atoms with E-state index in [1.54, 1.807) is 0 Å². The zero-order valence-corrected chi connectivity index (χ0v) is 23.6. The average Bonchev–Trinajstić information content (AvgIpc) is 3.46. The van der Waals surface area contributed by atoms with Gasteiger partial charge in [0.1, 0.15) is 0 Å². The molecule has 0 saturated heterocycles. The maximum atomic E-state index is 3.71. The first-order valence-corrected chi connectivity index (χ1v) is 14.2. The van der Waals surface area contributed by atoms with Crippen molar-refractivity contribution in [1.29, 1.82) is 0 Å². The van der Waals surface area contributed by atoms with E-state index in [9.17, 15) is 0 Å². The zero-order valence-electron chi connectivity index (χ0n) is 22.1. The molecule has 5 aromatic carbocycles. The van der Waals surface area contributed by atoms with E-state index in [1.165, 1.54) is 71.0 Å². The first-order chi connectivity index (χ1) is 18.2. The number of fused-ring (bicyclic) bond motifs is 11. The van der Waals surface area contributed by atoms with Crippen LogP contribution in [0.3, 0.4) is 0 Å². The Morgan fingerprint density at radius 1 is 0.632 bits per heavy atom. The highest BCUT2D eigenvalue weighted by molar-refractivity contribution is 9.10. The van der Waals surface area contributed by atoms with Gasteiger partial charge in [-0.25, -0.2) is 0 Å². The minimum Gasteiger partial charge on any atom is -0.309 e. The Hall–Kier alpha value is -3.62. The van der Waals surface area contributed by atoms with Crippen molar-refractivity contribution < 1.29 is 0 Å². The van der Waals surface area contributed by atoms with Crippen LogP contribution in [0.4, 0.5) is 0 Å². The fraction of sp³-hybridized carbons (Fsp3) is 0.167. The number of nitrogens with zero attached hydrogens (tertiary/aromatic N) is 1. The second-order valence-corrected chi connectivity index (χ2v) is 13.0. The molecule has 0 bridgehead atoms. The maximum Gasteiger partial charge on any atom is 0.0625 e. The van der Waals surface area contributed by atoms with Crippen molar-refractivity contribution in [3.63, 3.8) is 0 Å². The second kappa shape index (κ2) is 7.27. The Labute approximate surface area is 230 Å². The molecule has 0 radical (unpaired) electrons. The van der Waals surface area contributed by atoms with Crippen LogP contribution in [0.2, 0.25) is 0 Å². The largest absolute Gasteiger partial charge is 0.309 e. The summed E-state index contributed by atoms with van der Waals surface area (Å²) in [6.45, 7) is 9.34. The van der Waals surface area contributed by atoms with E-state index in [1.807, 2.05) is 0 Å². The molecule has 0 amide bonds. The normalized spacial score (nSPS) is 16.3. The molecular formula is C36H28BrN. The fourth-order valence-corrected chi connectivity index (χ4v) is 7.52. The molecule has 0 N–H and O–H groups in total. The maximum absolute atomic E-state index is 3.71. The van der Waals surface area contributed by atoms with Crippen LogP contribution in [0.25, 0.3) is 61.4 Å². The lowest BCUT2D eigenvalue weighted by molar-refractivity contribution is 0.659. The van der Waals surface area contributed by atoms with Gasteiger partial charge in [-0.15, -0.1) is 0 Å². The quantitative estimate of drug-likeness (QED) is 0.179. The van der Waals surface area contributed by atoms with Gasteiger partial charge in [-0.3, -0.25) is 0 Å². The van der Waals surface area contributed by atoms with Crippen LogP contribution < -0.4 is 10.6 Å². The molecular weight excluding hydrogens is 526 g/mol. The van der Waals surface area contributed by atoms with Crippen LogP contribution in [0.5, 0.6) is 0 Å². The third kappa shape index (κ3) is 2.82. The smallest absolute Gasteiger partial charge is 0.0625 e. The lowest BCUT2D eigenvalue weighted by Gasteiger charge is -2.22. The van der Waals surface area contributed by atoms with E-state index in [2.05, 4.69) is 145 Å². The van der Waals surface area contributed by atoms with Crippen molar-refractivity contribution in [1.82, 2.24) is 4.57 Å². The number of aromatic nitrogens is 1. The first-order valence-electron chi connectivity index (χ1n) is 13.4. The average molecular weight is 555 g/mol. The molecule has 1 heterocycles. The van der Waals surface area contributed by atoms with Gasteiger partial charge in [0.15, 0.2) is 0 Å². The molecule has 184 valence electrons. The minimum atomic E-state index is -0.0690. The third-order valence-corrected chi connectivity index (χ3v) is 9.31. The predicted molar refractivity (Wildman–Crippen MR) is 166 cm³/mol. The number of hydrogen-bond acceptors (Lipinski definition) is 0. The summed E-state index contributed by atoms with van der Waals surface area (Å²) in [5.74, 6) is 0. The van der Waals surface area contributed by atoms with Gasteiger partial charge in [0.2, 0.25) is 0 Å². The molecule has 1 aromatic heterocycles. The number of rotatable bonds is 1. The van der Waals surface area contributed by atoms with Crippen molar-refractivity contribution >= 4 is 60.5 Å². The molecule has 0 aliphatic heterocycles. The Balaban J connectivity index is 1.54. The van der Waals surface area contributed by atoms with E-state index in [4.69, 9.17) is 0 Å². The molecule has 38 heavy (non-hydrogen) atoms. The number of hydrogen-bond donors (Lipinski definition) is 0. The summed E-state index contributed by atoms with van der Waals surface area (Å²) in [7, 11) is 0. The van der Waals surface area contributed by atoms with Crippen LogP contribution in [0.15, 0.2) is 89.4 Å². The Kier molecular flexibility index (Phi) is 4.28. The van der Waals surface area contributed by atoms with Crippen LogP contribution >= 0.6 is 15.9 Å². The zero-order chi connectivity index (χ0) is 26.0. The van der Waals surface area contributed by atoms with E-state index < -0.39 is 0 Å². The SMILES string of the molecule is CC1(C)C=c2c(n(-c3ccc4c(c3)C(C)(C)c3cc(Br)ccc3-4)c3c4ccccc4c4ccccc4c23)=C1. The van der Waals surface area contributed by atoms with Crippen molar-refractivity contribution in [3.8, 4) is 16.8 Å². The standard InChI is InChI=1S/C36H28BrN/c1-35(2)19-29-32(20-35)38(34-28-12-8-6-10-24(28)23-9-5-7-11-27(23)33(29)34)22-14-16-26-25-15-13-21(37)17-30(25)36(3,4)31(26)18-22/h5-20H,1-4H3. The molecule has 0 fully saturated rings. The molecule has 2 heteroatoms. The molecule has 0 saturated carbocycles. The highest BCUT2D eigenvalue weighted by Gasteiger charge is 2.36. The summed E-state index contributed by atoms with van der Waals surface area (Å²) in [6.07, 6.45) is 4.92. The van der Waals surface area contributed by atoms with Crippen molar-refractivity contribution in [2.24, 2.45) is 5.41 Å². The van der Waals surface area contributed by atoms with E-state index in [0.29, 0.717) is 0 Å². The topological polar surface area (TPSA) is 4.93 Å². The first kappa shape index (κ1) is 22.4. The Bertz CT molecular complexity index is 2140. The lowest BCUT2D eigenvalue weighted by atomic mass is 9.82. The summed E-state index contributed by atoms with van der Waals surface area (Å²) >= 11 is 3.71. The second-order valence-electron chi connectivity index (χ2n) is 12.1. The van der Waals surface area contributed by atoms with Crippen molar-refractivity contribution in [3.05, 3.63) is 111 Å². The highest BCUT2D eigenvalue weighted by Crippen LogP contribution is 2.50.